The fourth-order valence-electron chi connectivity index (χ4n) is 2.64. The van der Waals surface area contributed by atoms with Crippen LogP contribution in [0.25, 0.3) is 0 Å². The quantitative estimate of drug-likeness (QED) is 0.691. The van der Waals surface area contributed by atoms with Crippen molar-refractivity contribution < 1.29 is 14.3 Å². The van der Waals surface area contributed by atoms with E-state index in [1.54, 1.807) is 30.3 Å². The van der Waals surface area contributed by atoms with Crippen molar-refractivity contribution in [1.82, 2.24) is 9.55 Å². The van der Waals surface area contributed by atoms with Gasteiger partial charge in [0.05, 0.1) is 18.2 Å². The Morgan fingerprint density at radius 1 is 1.21 bits per heavy atom. The number of carbonyl (C=O) groups excluding carboxylic acids is 1. The number of anilines is 1. The zero-order valence-electron chi connectivity index (χ0n) is 17.1. The number of amides is 1. The van der Waals surface area contributed by atoms with Gasteiger partial charge in [0.15, 0.2) is 9.76 Å². The highest BCUT2D eigenvalue weighted by molar-refractivity contribution is 6.31. The van der Waals surface area contributed by atoms with Gasteiger partial charge in [-0.05, 0) is 37.1 Å². The van der Waals surface area contributed by atoms with Gasteiger partial charge in [0.2, 0.25) is 0 Å². The monoisotopic (exact) mass is 403 g/mol. The molecule has 28 heavy (non-hydrogen) atoms. The smallest absolute Gasteiger partial charge is 0.349 e. The second-order valence-corrected chi connectivity index (χ2v) is 11.2. The zero-order valence-corrected chi connectivity index (χ0v) is 18.5. The Balaban J connectivity index is 2.19. The number of hydrogen-bond donors (Lipinski definition) is 2. The lowest BCUT2D eigenvalue weighted by atomic mass is 9.99. The minimum absolute atomic E-state index is 0.0893. The summed E-state index contributed by atoms with van der Waals surface area (Å²) in [5.74, 6) is -0.182. The molecule has 0 aliphatic carbocycles. The van der Waals surface area contributed by atoms with Gasteiger partial charge in [-0.3, -0.25) is 9.36 Å². The Kier molecular flexibility index (Phi) is 6.92. The van der Waals surface area contributed by atoms with Crippen LogP contribution >= 0.6 is 0 Å². The first kappa shape index (κ1) is 22.0. The molecule has 0 radical (unpaired) electrons. The van der Waals surface area contributed by atoms with Crippen molar-refractivity contribution in [2.45, 2.75) is 51.3 Å². The second-order valence-electron chi connectivity index (χ2n) is 8.47. The Morgan fingerprint density at radius 3 is 2.39 bits per heavy atom. The van der Waals surface area contributed by atoms with Gasteiger partial charge >= 0.3 is 5.69 Å². The molecular formula is C20H29N3O4Si. The van der Waals surface area contributed by atoms with Crippen LogP contribution in [0.1, 0.15) is 51.0 Å². The van der Waals surface area contributed by atoms with E-state index in [4.69, 9.17) is 4.43 Å². The minimum atomic E-state index is -0.880. The number of carbonyl (C=O) groups is 1. The van der Waals surface area contributed by atoms with E-state index in [0.717, 1.165) is 0 Å². The summed E-state index contributed by atoms with van der Waals surface area (Å²) in [7, 11) is -0.880. The van der Waals surface area contributed by atoms with E-state index in [0.29, 0.717) is 5.56 Å². The number of aliphatic hydroxyl groups excluding tert-OH is 1. The SMILES string of the molecule is CC(C)(C)[SiH2]OC(C)(C)C(CO)n1ccc(NC(=O)c2ccccc2)nc1=O. The van der Waals surface area contributed by atoms with E-state index in [9.17, 15) is 14.7 Å². The van der Waals surface area contributed by atoms with Gasteiger partial charge in [-0.2, -0.15) is 4.98 Å². The van der Waals surface area contributed by atoms with Crippen LogP contribution in [0.5, 0.6) is 0 Å². The van der Waals surface area contributed by atoms with Crippen molar-refractivity contribution >= 4 is 21.5 Å². The third-order valence-electron chi connectivity index (χ3n) is 4.30. The molecule has 1 heterocycles. The van der Waals surface area contributed by atoms with Gasteiger partial charge < -0.3 is 14.8 Å². The fraction of sp³-hybridized carbons (Fsp3) is 0.450. The topological polar surface area (TPSA) is 93.4 Å². The van der Waals surface area contributed by atoms with E-state index < -0.39 is 27.1 Å². The van der Waals surface area contributed by atoms with E-state index in [-0.39, 0.29) is 23.4 Å². The Labute approximate surface area is 167 Å². The first-order chi connectivity index (χ1) is 13.0. The molecule has 8 heteroatoms. The number of nitrogens with one attached hydrogen (secondary N) is 1. The van der Waals surface area contributed by atoms with Crippen molar-refractivity contribution in [3.05, 3.63) is 58.6 Å². The molecule has 1 atom stereocenters. The third kappa shape index (κ3) is 5.85. The lowest BCUT2D eigenvalue weighted by Crippen LogP contribution is -2.44. The standard InChI is InChI=1S/C20H29N3O4Si/c1-19(2,3)28-27-20(4,5)15(13-24)23-12-11-16(22-18(23)26)21-17(25)14-9-7-6-8-10-14/h6-12,15,24H,13,28H2,1-5H3,(H,21,22,25,26). The van der Waals surface area contributed by atoms with E-state index >= 15 is 0 Å². The van der Waals surface area contributed by atoms with Gasteiger partial charge in [0, 0.05) is 11.8 Å². The van der Waals surface area contributed by atoms with Gasteiger partial charge in [-0.15, -0.1) is 0 Å². The molecule has 0 saturated heterocycles. The van der Waals surface area contributed by atoms with Crippen LogP contribution in [0, 0.1) is 0 Å². The number of nitrogens with zero attached hydrogens (tertiary/aromatic N) is 2. The lowest BCUT2D eigenvalue weighted by molar-refractivity contribution is 0.0181. The molecule has 0 bridgehead atoms. The van der Waals surface area contributed by atoms with Crippen molar-refractivity contribution in [3.8, 4) is 0 Å². The summed E-state index contributed by atoms with van der Waals surface area (Å²) < 4.78 is 7.49. The summed E-state index contributed by atoms with van der Waals surface area (Å²) in [6, 6.07) is 9.65. The summed E-state index contributed by atoms with van der Waals surface area (Å²) in [4.78, 5) is 28.7. The minimum Gasteiger partial charge on any atom is -0.416 e. The number of rotatable bonds is 7. The first-order valence-corrected chi connectivity index (χ1v) is 10.5. The summed E-state index contributed by atoms with van der Waals surface area (Å²) in [5, 5.41) is 12.6. The average molecular weight is 404 g/mol. The highest BCUT2D eigenvalue weighted by atomic mass is 28.2. The molecule has 2 rings (SSSR count). The average Bonchev–Trinajstić information content (AvgIpc) is 2.62. The van der Waals surface area contributed by atoms with E-state index in [1.165, 1.54) is 10.8 Å². The molecule has 1 unspecified atom stereocenters. The summed E-state index contributed by atoms with van der Waals surface area (Å²) in [6.07, 6.45) is 1.53. The summed E-state index contributed by atoms with van der Waals surface area (Å²) >= 11 is 0. The molecular weight excluding hydrogens is 374 g/mol. The van der Waals surface area contributed by atoms with Gasteiger partial charge in [0.25, 0.3) is 5.91 Å². The molecule has 0 aliphatic heterocycles. The Hall–Kier alpha value is -2.29. The second kappa shape index (κ2) is 8.81. The maximum absolute atomic E-state index is 12.6. The molecule has 2 N–H and O–H groups in total. The molecule has 1 aromatic carbocycles. The van der Waals surface area contributed by atoms with Crippen LogP contribution in [0.2, 0.25) is 5.04 Å². The molecule has 0 aliphatic rings. The van der Waals surface area contributed by atoms with Crippen LogP contribution < -0.4 is 11.0 Å². The molecule has 0 fully saturated rings. The number of benzene rings is 1. The largest absolute Gasteiger partial charge is 0.416 e. The highest BCUT2D eigenvalue weighted by Crippen LogP contribution is 2.29. The van der Waals surface area contributed by atoms with Gasteiger partial charge in [-0.25, -0.2) is 4.79 Å². The fourth-order valence-corrected chi connectivity index (χ4v) is 3.64. The predicted octanol–water partition coefficient (Wildman–Crippen LogP) is 2.13. The maximum atomic E-state index is 12.6. The van der Waals surface area contributed by atoms with Crippen molar-refractivity contribution in [2.24, 2.45) is 0 Å². The zero-order chi connectivity index (χ0) is 20.9. The van der Waals surface area contributed by atoms with Crippen LogP contribution in [0.15, 0.2) is 47.4 Å². The van der Waals surface area contributed by atoms with Crippen molar-refractivity contribution in [1.29, 1.82) is 0 Å². The summed E-state index contributed by atoms with van der Waals surface area (Å²) in [5.41, 5.74) is -0.809. The predicted molar refractivity (Wildman–Crippen MR) is 112 cm³/mol. The van der Waals surface area contributed by atoms with E-state index in [1.807, 2.05) is 19.9 Å². The molecule has 1 amide bonds. The number of hydrogen-bond acceptors (Lipinski definition) is 5. The highest BCUT2D eigenvalue weighted by Gasteiger charge is 2.33. The Bertz CT molecular complexity index is 860. The third-order valence-corrected chi connectivity index (χ3v) is 6.05. The van der Waals surface area contributed by atoms with Crippen LogP contribution in [-0.4, -0.2) is 42.5 Å². The van der Waals surface area contributed by atoms with Crippen LogP contribution in [0.4, 0.5) is 5.82 Å². The molecule has 0 spiro atoms. The number of aromatic nitrogens is 2. The molecule has 7 nitrogen and oxygen atoms in total. The lowest BCUT2D eigenvalue weighted by Gasteiger charge is -2.36. The van der Waals surface area contributed by atoms with Crippen molar-refractivity contribution in [3.63, 3.8) is 0 Å². The summed E-state index contributed by atoms with van der Waals surface area (Å²) in [6.45, 7) is 9.81. The number of aliphatic hydroxyl groups is 1. The van der Waals surface area contributed by atoms with Gasteiger partial charge in [0.1, 0.15) is 5.82 Å². The molecule has 0 saturated carbocycles. The first-order valence-electron chi connectivity index (χ1n) is 9.24. The Morgan fingerprint density at radius 2 is 1.86 bits per heavy atom. The van der Waals surface area contributed by atoms with Gasteiger partial charge in [-0.1, -0.05) is 39.0 Å². The molecule has 1 aromatic heterocycles. The van der Waals surface area contributed by atoms with Crippen LogP contribution in [-0.2, 0) is 4.43 Å². The normalized spacial score (nSPS) is 13.6. The van der Waals surface area contributed by atoms with Crippen molar-refractivity contribution in [2.75, 3.05) is 11.9 Å². The molecule has 152 valence electrons. The van der Waals surface area contributed by atoms with Crippen LogP contribution in [0.3, 0.4) is 0 Å². The molecule has 2 aromatic rings. The maximum Gasteiger partial charge on any atom is 0.349 e. The van der Waals surface area contributed by atoms with E-state index in [2.05, 4.69) is 31.1 Å².